The average molecular weight is 433 g/mol. The molecule has 0 aliphatic heterocycles. The van der Waals surface area contributed by atoms with Crippen LogP contribution in [0.3, 0.4) is 0 Å². The lowest BCUT2D eigenvalue weighted by molar-refractivity contribution is 0.0946. The number of amides is 1. The van der Waals surface area contributed by atoms with Crippen LogP contribution < -0.4 is 21.3 Å². The molecule has 0 aliphatic rings. The molecule has 0 aliphatic carbocycles. The largest absolute Gasteiger partial charge is 0.481 e. The van der Waals surface area contributed by atoms with Gasteiger partial charge in [0.15, 0.2) is 17.2 Å². The highest BCUT2D eigenvalue weighted by Gasteiger charge is 2.22. The Kier molecular flexibility index (Phi) is 5.62. The summed E-state index contributed by atoms with van der Waals surface area (Å²) in [5, 5.41) is 2.73. The summed E-state index contributed by atoms with van der Waals surface area (Å²) in [5.41, 5.74) is 7.45. The fourth-order valence-corrected chi connectivity index (χ4v) is 2.96. The highest BCUT2D eigenvalue weighted by Crippen LogP contribution is 2.29. The van der Waals surface area contributed by atoms with Gasteiger partial charge in [0.05, 0.1) is 25.5 Å². The van der Waals surface area contributed by atoms with Crippen molar-refractivity contribution in [3.63, 3.8) is 0 Å². The lowest BCUT2D eigenvalue weighted by atomic mass is 10.1. The number of pyridine rings is 2. The van der Waals surface area contributed by atoms with Gasteiger partial charge in [-0.2, -0.15) is 0 Å². The molecule has 0 unspecified atom stereocenters. The van der Waals surface area contributed by atoms with Crippen LogP contribution in [0.1, 0.15) is 16.2 Å². The van der Waals surface area contributed by atoms with Gasteiger partial charge >= 0.3 is 0 Å². The highest BCUT2D eigenvalue weighted by molar-refractivity contribution is 5.97. The number of aromatic nitrogens is 5. The minimum Gasteiger partial charge on any atom is -0.481 e. The number of nitrogen functional groups attached to an aromatic ring is 1. The molecular formula is C21H19N7O4. The summed E-state index contributed by atoms with van der Waals surface area (Å²) >= 11 is 0. The number of aryl methyl sites for hydroxylation is 1. The molecule has 0 radical (unpaired) electrons. The molecule has 0 saturated heterocycles. The van der Waals surface area contributed by atoms with Crippen LogP contribution in [0.25, 0.3) is 22.8 Å². The maximum atomic E-state index is 12.8. The second-order valence-corrected chi connectivity index (χ2v) is 6.71. The summed E-state index contributed by atoms with van der Waals surface area (Å²) < 4.78 is 11.8. The van der Waals surface area contributed by atoms with Crippen LogP contribution in [0.15, 0.2) is 58.2 Å². The van der Waals surface area contributed by atoms with Crippen molar-refractivity contribution in [2.45, 2.75) is 6.54 Å². The number of hydrogen-bond donors (Lipinski definition) is 2. The Morgan fingerprint density at radius 1 is 1.19 bits per heavy atom. The van der Waals surface area contributed by atoms with Gasteiger partial charge in [-0.3, -0.25) is 9.59 Å². The number of carbonyl (C=O) groups is 1. The van der Waals surface area contributed by atoms with Gasteiger partial charge in [-0.15, -0.1) is 0 Å². The topological polar surface area (TPSA) is 151 Å². The fraction of sp³-hybridized carbons (Fsp3) is 0.143. The third-order valence-corrected chi connectivity index (χ3v) is 4.55. The van der Waals surface area contributed by atoms with Crippen molar-refractivity contribution < 1.29 is 13.9 Å². The molecule has 4 heterocycles. The summed E-state index contributed by atoms with van der Waals surface area (Å²) in [7, 11) is 3.12. The van der Waals surface area contributed by atoms with Gasteiger partial charge in [-0.25, -0.2) is 19.9 Å². The van der Waals surface area contributed by atoms with Crippen molar-refractivity contribution in [2.75, 3.05) is 12.8 Å². The average Bonchev–Trinajstić information content (AvgIpc) is 3.34. The second kappa shape index (κ2) is 8.68. The maximum absolute atomic E-state index is 12.8. The van der Waals surface area contributed by atoms with Gasteiger partial charge in [-0.05, 0) is 12.1 Å². The molecule has 162 valence electrons. The van der Waals surface area contributed by atoms with E-state index in [2.05, 4.69) is 25.3 Å². The summed E-state index contributed by atoms with van der Waals surface area (Å²) in [5.74, 6) is -0.0172. The van der Waals surface area contributed by atoms with Crippen LogP contribution in [-0.2, 0) is 13.6 Å². The van der Waals surface area contributed by atoms with E-state index in [-0.39, 0.29) is 35.2 Å². The van der Waals surface area contributed by atoms with Gasteiger partial charge in [0.1, 0.15) is 12.0 Å². The van der Waals surface area contributed by atoms with E-state index in [1.54, 1.807) is 37.5 Å². The summed E-state index contributed by atoms with van der Waals surface area (Å²) in [6, 6.07) is 8.19. The Hall–Kier alpha value is -4.54. The van der Waals surface area contributed by atoms with E-state index in [4.69, 9.17) is 14.9 Å². The number of methoxy groups -OCH3 is 1. The van der Waals surface area contributed by atoms with Crippen LogP contribution in [-0.4, -0.2) is 37.5 Å². The lowest BCUT2D eigenvalue weighted by Crippen LogP contribution is -2.26. The molecule has 11 nitrogen and oxygen atoms in total. The number of nitrogens with one attached hydrogen (secondary N) is 1. The van der Waals surface area contributed by atoms with E-state index in [1.165, 1.54) is 30.2 Å². The molecule has 0 bridgehead atoms. The molecule has 0 spiro atoms. The first-order chi connectivity index (χ1) is 15.5. The van der Waals surface area contributed by atoms with E-state index in [0.717, 1.165) is 0 Å². The van der Waals surface area contributed by atoms with Crippen molar-refractivity contribution in [2.24, 2.45) is 7.05 Å². The first-order valence-corrected chi connectivity index (χ1v) is 9.49. The van der Waals surface area contributed by atoms with Crippen molar-refractivity contribution in [1.82, 2.24) is 29.8 Å². The molecule has 0 fully saturated rings. The monoisotopic (exact) mass is 433 g/mol. The van der Waals surface area contributed by atoms with E-state index in [0.29, 0.717) is 22.8 Å². The molecule has 3 N–H and O–H groups in total. The van der Waals surface area contributed by atoms with Crippen LogP contribution in [0, 0.1) is 0 Å². The number of nitrogens with zero attached hydrogens (tertiary/aromatic N) is 5. The Morgan fingerprint density at radius 3 is 2.75 bits per heavy atom. The number of nitrogens with two attached hydrogens (primary N) is 1. The van der Waals surface area contributed by atoms with Crippen LogP contribution in [0.5, 0.6) is 5.88 Å². The SMILES string of the molecule is COc1cccc(CNC(=O)c2nc(-c3ccc(=O)n(C)c3)c(-c3ncco3)nc2N)n1. The molecular weight excluding hydrogens is 414 g/mol. The summed E-state index contributed by atoms with van der Waals surface area (Å²) in [6.45, 7) is 0.133. The number of ether oxygens (including phenoxy) is 1. The van der Waals surface area contributed by atoms with E-state index in [1.807, 2.05) is 0 Å². The van der Waals surface area contributed by atoms with E-state index in [9.17, 15) is 9.59 Å². The Bertz CT molecular complexity index is 1330. The van der Waals surface area contributed by atoms with Crippen LogP contribution in [0.4, 0.5) is 5.82 Å². The number of anilines is 1. The summed E-state index contributed by atoms with van der Waals surface area (Å²) in [6.07, 6.45) is 4.43. The molecule has 32 heavy (non-hydrogen) atoms. The number of rotatable bonds is 6. The zero-order chi connectivity index (χ0) is 22.7. The van der Waals surface area contributed by atoms with Gasteiger partial charge in [0, 0.05) is 30.9 Å². The van der Waals surface area contributed by atoms with Crippen molar-refractivity contribution in [3.05, 3.63) is 70.7 Å². The Balaban J connectivity index is 1.71. The highest BCUT2D eigenvalue weighted by atomic mass is 16.5. The third-order valence-electron chi connectivity index (χ3n) is 4.55. The zero-order valence-electron chi connectivity index (χ0n) is 17.3. The number of hydrogen-bond acceptors (Lipinski definition) is 9. The van der Waals surface area contributed by atoms with Crippen LogP contribution >= 0.6 is 0 Å². The predicted molar refractivity (Wildman–Crippen MR) is 115 cm³/mol. The number of oxazole rings is 1. The zero-order valence-corrected chi connectivity index (χ0v) is 17.3. The molecule has 4 aromatic heterocycles. The van der Waals surface area contributed by atoms with Crippen molar-refractivity contribution in [3.8, 4) is 28.7 Å². The molecule has 4 rings (SSSR count). The van der Waals surface area contributed by atoms with Crippen molar-refractivity contribution >= 4 is 11.7 Å². The normalized spacial score (nSPS) is 10.7. The second-order valence-electron chi connectivity index (χ2n) is 6.71. The molecule has 1 amide bonds. The molecule has 4 aromatic rings. The quantitative estimate of drug-likeness (QED) is 0.460. The maximum Gasteiger partial charge on any atom is 0.274 e. The van der Waals surface area contributed by atoms with Gasteiger partial charge in [-0.1, -0.05) is 6.07 Å². The smallest absolute Gasteiger partial charge is 0.274 e. The molecule has 0 aromatic carbocycles. The van der Waals surface area contributed by atoms with E-state index < -0.39 is 5.91 Å². The minimum atomic E-state index is -0.537. The standard InChI is InChI=1S/C21H19N7O4/c1-28-11-12(6-7-15(28)29)16-17(21-23-8-9-32-21)27-19(22)18(26-16)20(30)24-10-13-4-3-5-14(25-13)31-2/h3-9,11H,10H2,1-2H3,(H2,22,27)(H,24,30). The molecule has 0 saturated carbocycles. The van der Waals surface area contributed by atoms with Crippen molar-refractivity contribution in [1.29, 1.82) is 0 Å². The minimum absolute atomic E-state index is 0.0768. The molecule has 0 atom stereocenters. The first-order valence-electron chi connectivity index (χ1n) is 9.49. The van der Waals surface area contributed by atoms with Gasteiger partial charge < -0.3 is 24.8 Å². The van der Waals surface area contributed by atoms with Gasteiger partial charge in [0.2, 0.25) is 17.3 Å². The van der Waals surface area contributed by atoms with Gasteiger partial charge in [0.25, 0.3) is 5.91 Å². The fourth-order valence-electron chi connectivity index (χ4n) is 2.96. The third kappa shape index (κ3) is 4.17. The Morgan fingerprint density at radius 2 is 2.03 bits per heavy atom. The lowest BCUT2D eigenvalue weighted by Gasteiger charge is -2.12. The van der Waals surface area contributed by atoms with E-state index >= 15 is 0 Å². The Labute approximate surface area is 181 Å². The predicted octanol–water partition coefficient (Wildman–Crippen LogP) is 1.41. The van der Waals surface area contributed by atoms with Crippen LogP contribution in [0.2, 0.25) is 0 Å². The summed E-state index contributed by atoms with van der Waals surface area (Å²) in [4.78, 5) is 41.8. The number of carbonyl (C=O) groups excluding carboxylic acids is 1. The molecule has 11 heteroatoms. The first kappa shape index (κ1) is 20.7.